The summed E-state index contributed by atoms with van der Waals surface area (Å²) in [6.45, 7) is 8.07. The van der Waals surface area contributed by atoms with E-state index >= 15 is 0 Å². The normalized spacial score (nSPS) is 25.9. The van der Waals surface area contributed by atoms with Crippen molar-refractivity contribution in [2.75, 3.05) is 36.5 Å². The summed E-state index contributed by atoms with van der Waals surface area (Å²) in [5.41, 5.74) is 4.27. The lowest BCUT2D eigenvalue weighted by molar-refractivity contribution is -0.123. The van der Waals surface area contributed by atoms with Gasteiger partial charge in [0, 0.05) is 19.0 Å². The fourth-order valence-electron chi connectivity index (χ4n) is 5.08. The third-order valence-electron chi connectivity index (χ3n) is 6.63. The minimum absolute atomic E-state index is 0.0128. The van der Waals surface area contributed by atoms with E-state index in [0.717, 1.165) is 35.4 Å². The second-order valence-corrected chi connectivity index (χ2v) is 8.60. The van der Waals surface area contributed by atoms with Gasteiger partial charge in [-0.05, 0) is 38.5 Å². The SMILES string of the molecule is CC[N+]1(C)CC(C(=O)N2CC(C)N(C(C)=O)c3ccccc32)Cc2ccccc21. The molecule has 2 aliphatic rings. The topological polar surface area (TPSA) is 40.6 Å². The van der Waals surface area contributed by atoms with Crippen molar-refractivity contribution in [3.8, 4) is 0 Å². The van der Waals surface area contributed by atoms with E-state index in [0.29, 0.717) is 6.54 Å². The molecule has 3 atom stereocenters. The molecule has 5 nitrogen and oxygen atoms in total. The largest absolute Gasteiger partial charge is 0.308 e. The fraction of sp³-hybridized carbons (Fsp3) is 0.417. The Morgan fingerprint density at radius 1 is 1.07 bits per heavy atom. The van der Waals surface area contributed by atoms with Crippen LogP contribution in [0, 0.1) is 5.92 Å². The number of carbonyl (C=O) groups is 2. The van der Waals surface area contributed by atoms with Gasteiger partial charge in [-0.1, -0.05) is 30.3 Å². The lowest BCUT2D eigenvalue weighted by Crippen LogP contribution is -2.58. The van der Waals surface area contributed by atoms with E-state index in [2.05, 4.69) is 38.2 Å². The molecule has 0 spiro atoms. The predicted octanol–water partition coefficient (Wildman–Crippen LogP) is 3.60. The van der Waals surface area contributed by atoms with Crippen LogP contribution in [0.1, 0.15) is 26.3 Å². The highest BCUT2D eigenvalue weighted by Crippen LogP contribution is 2.39. The summed E-state index contributed by atoms with van der Waals surface area (Å²) >= 11 is 0. The number of quaternary nitrogens is 1. The maximum atomic E-state index is 13.8. The third-order valence-corrected chi connectivity index (χ3v) is 6.63. The quantitative estimate of drug-likeness (QED) is 0.733. The van der Waals surface area contributed by atoms with E-state index in [4.69, 9.17) is 0 Å². The Morgan fingerprint density at radius 3 is 2.41 bits per heavy atom. The van der Waals surface area contributed by atoms with E-state index in [1.54, 1.807) is 6.92 Å². The van der Waals surface area contributed by atoms with Crippen LogP contribution >= 0.6 is 0 Å². The highest BCUT2D eigenvalue weighted by molar-refractivity contribution is 6.04. The monoisotopic (exact) mass is 392 g/mol. The molecule has 29 heavy (non-hydrogen) atoms. The highest BCUT2D eigenvalue weighted by atomic mass is 16.2. The number of para-hydroxylation sites is 3. The average molecular weight is 393 g/mol. The molecule has 0 aromatic heterocycles. The first kappa shape index (κ1) is 19.6. The summed E-state index contributed by atoms with van der Waals surface area (Å²) in [7, 11) is 2.22. The first-order valence-electron chi connectivity index (χ1n) is 10.5. The van der Waals surface area contributed by atoms with Gasteiger partial charge in [0.1, 0.15) is 5.69 Å². The fourth-order valence-corrected chi connectivity index (χ4v) is 5.08. The summed E-state index contributed by atoms with van der Waals surface area (Å²) in [4.78, 5) is 29.7. The molecule has 2 amide bonds. The van der Waals surface area contributed by atoms with Gasteiger partial charge in [0.2, 0.25) is 11.8 Å². The molecule has 4 rings (SSSR count). The van der Waals surface area contributed by atoms with E-state index in [9.17, 15) is 9.59 Å². The van der Waals surface area contributed by atoms with Gasteiger partial charge in [-0.3, -0.25) is 14.1 Å². The van der Waals surface area contributed by atoms with Crippen molar-refractivity contribution >= 4 is 28.9 Å². The first-order chi connectivity index (χ1) is 13.9. The zero-order chi connectivity index (χ0) is 20.8. The molecule has 5 heteroatoms. The van der Waals surface area contributed by atoms with Crippen molar-refractivity contribution in [1.29, 1.82) is 0 Å². The number of amides is 2. The highest BCUT2D eigenvalue weighted by Gasteiger charge is 2.42. The molecule has 2 aromatic rings. The standard InChI is InChI=1S/C24H30N3O2/c1-5-27(4)16-20(14-19-10-6-9-13-23(19)27)24(29)25-15-17(2)26(18(3)28)22-12-8-7-11-21(22)25/h6-13,17,20H,5,14-16H2,1-4H3/q+1. The van der Waals surface area contributed by atoms with Gasteiger partial charge >= 0.3 is 0 Å². The van der Waals surface area contributed by atoms with Gasteiger partial charge in [0.15, 0.2) is 0 Å². The number of carbonyl (C=O) groups excluding carboxylic acids is 2. The zero-order valence-corrected chi connectivity index (χ0v) is 17.8. The van der Waals surface area contributed by atoms with E-state index < -0.39 is 0 Å². The number of anilines is 2. The van der Waals surface area contributed by atoms with Crippen LogP contribution in [0.25, 0.3) is 0 Å². The van der Waals surface area contributed by atoms with Gasteiger partial charge in [-0.25, -0.2) is 0 Å². The summed E-state index contributed by atoms with van der Waals surface area (Å²) in [6, 6.07) is 16.2. The van der Waals surface area contributed by atoms with Crippen molar-refractivity contribution in [1.82, 2.24) is 4.48 Å². The van der Waals surface area contributed by atoms with Crippen molar-refractivity contribution in [2.24, 2.45) is 5.92 Å². The summed E-state index contributed by atoms with van der Waals surface area (Å²) in [5, 5.41) is 0. The number of benzene rings is 2. The molecule has 3 unspecified atom stereocenters. The van der Waals surface area contributed by atoms with Gasteiger partial charge < -0.3 is 9.80 Å². The maximum absolute atomic E-state index is 13.8. The molecule has 2 aromatic carbocycles. The molecule has 0 radical (unpaired) electrons. The molecule has 0 bridgehead atoms. The summed E-state index contributed by atoms with van der Waals surface area (Å²) < 4.78 is 0.775. The van der Waals surface area contributed by atoms with Crippen LogP contribution in [-0.4, -0.2) is 44.5 Å². The zero-order valence-electron chi connectivity index (χ0n) is 17.8. The maximum Gasteiger partial charge on any atom is 0.236 e. The van der Waals surface area contributed by atoms with Crippen LogP contribution in [0.5, 0.6) is 0 Å². The van der Waals surface area contributed by atoms with Gasteiger partial charge in [0.05, 0.1) is 43.5 Å². The summed E-state index contributed by atoms with van der Waals surface area (Å²) in [5.74, 6) is 0.109. The lowest BCUT2D eigenvalue weighted by Gasteiger charge is -2.44. The van der Waals surface area contributed by atoms with Gasteiger partial charge in [0.25, 0.3) is 0 Å². The molecular formula is C24H30N3O2+. The van der Waals surface area contributed by atoms with Crippen molar-refractivity contribution in [2.45, 2.75) is 33.2 Å². The predicted molar refractivity (Wildman–Crippen MR) is 118 cm³/mol. The van der Waals surface area contributed by atoms with Crippen molar-refractivity contribution in [3.05, 3.63) is 54.1 Å². The Bertz CT molecular complexity index is 957. The molecule has 2 aliphatic heterocycles. The number of nitrogens with zero attached hydrogens (tertiary/aromatic N) is 3. The number of hydrogen-bond acceptors (Lipinski definition) is 2. The molecule has 2 heterocycles. The smallest absolute Gasteiger partial charge is 0.236 e. The Morgan fingerprint density at radius 2 is 1.72 bits per heavy atom. The second kappa shape index (κ2) is 7.30. The Kier molecular flexibility index (Phi) is 4.95. The number of hydrogen-bond donors (Lipinski definition) is 0. The molecule has 0 saturated carbocycles. The van der Waals surface area contributed by atoms with Crippen LogP contribution in [-0.2, 0) is 16.0 Å². The molecule has 0 aliphatic carbocycles. The van der Waals surface area contributed by atoms with Gasteiger partial charge in [-0.15, -0.1) is 0 Å². The van der Waals surface area contributed by atoms with Crippen LogP contribution < -0.4 is 14.3 Å². The van der Waals surface area contributed by atoms with Crippen molar-refractivity contribution < 1.29 is 9.59 Å². The second-order valence-electron chi connectivity index (χ2n) is 8.60. The van der Waals surface area contributed by atoms with E-state index in [1.807, 2.05) is 41.0 Å². The van der Waals surface area contributed by atoms with Gasteiger partial charge in [-0.2, -0.15) is 0 Å². The number of fused-ring (bicyclic) bond motifs is 2. The Hall–Kier alpha value is -2.66. The first-order valence-corrected chi connectivity index (χ1v) is 10.5. The molecule has 0 saturated heterocycles. The molecule has 152 valence electrons. The summed E-state index contributed by atoms with van der Waals surface area (Å²) in [6.07, 6.45) is 0.770. The molecule has 0 fully saturated rings. The van der Waals surface area contributed by atoms with Crippen LogP contribution in [0.4, 0.5) is 17.1 Å². The third kappa shape index (κ3) is 3.23. The van der Waals surface area contributed by atoms with E-state index in [1.165, 1.54) is 11.3 Å². The molecular weight excluding hydrogens is 362 g/mol. The van der Waals surface area contributed by atoms with Crippen LogP contribution in [0.2, 0.25) is 0 Å². The lowest BCUT2D eigenvalue weighted by atomic mass is 9.89. The van der Waals surface area contributed by atoms with E-state index in [-0.39, 0.29) is 23.8 Å². The minimum Gasteiger partial charge on any atom is -0.308 e. The Labute approximate surface area is 173 Å². The number of rotatable bonds is 2. The Balaban J connectivity index is 1.70. The van der Waals surface area contributed by atoms with Crippen molar-refractivity contribution in [3.63, 3.8) is 0 Å². The molecule has 0 N–H and O–H groups in total. The minimum atomic E-state index is -0.0704. The average Bonchev–Trinajstić information content (AvgIpc) is 2.72. The van der Waals surface area contributed by atoms with Crippen LogP contribution in [0.3, 0.4) is 0 Å². The van der Waals surface area contributed by atoms with Crippen LogP contribution in [0.15, 0.2) is 48.5 Å².